The van der Waals surface area contributed by atoms with E-state index in [-0.39, 0.29) is 41.0 Å². The second-order valence-corrected chi connectivity index (χ2v) is 31.2. The van der Waals surface area contributed by atoms with E-state index < -0.39 is 110 Å². The summed E-state index contributed by atoms with van der Waals surface area (Å²) in [5.41, 5.74) is 0.200. The van der Waals surface area contributed by atoms with Gasteiger partial charge in [0.25, 0.3) is 0 Å². The van der Waals surface area contributed by atoms with Crippen LogP contribution in [0.3, 0.4) is 0 Å². The molecule has 0 saturated carbocycles. The van der Waals surface area contributed by atoms with E-state index in [1.165, 1.54) is 144 Å². The fourth-order valence-corrected chi connectivity index (χ4v) is 13.5. The molecule has 108 heavy (non-hydrogen) atoms. The molecule has 1 aliphatic rings. The lowest BCUT2D eigenvalue weighted by atomic mass is 9.91. The summed E-state index contributed by atoms with van der Waals surface area (Å²) in [4.78, 5) is 71.9. The number of esters is 5. The van der Waals surface area contributed by atoms with Gasteiger partial charge in [0.1, 0.15) is 31.0 Å². The van der Waals surface area contributed by atoms with Crippen LogP contribution in [0.15, 0.2) is 163 Å². The third-order valence-corrected chi connectivity index (χ3v) is 20.4. The molecular weight excluding hydrogens is 1370 g/mol. The van der Waals surface area contributed by atoms with Gasteiger partial charge in [0.2, 0.25) is 12.0 Å². The molecule has 0 aromatic heterocycles. The van der Waals surface area contributed by atoms with Gasteiger partial charge in [-0.15, -0.1) is 0 Å². The van der Waals surface area contributed by atoms with Crippen LogP contribution in [0.2, 0.25) is 0 Å². The van der Waals surface area contributed by atoms with Gasteiger partial charge < -0.3 is 62.7 Å². The van der Waals surface area contributed by atoms with Crippen LogP contribution in [0.4, 0.5) is 0 Å². The molecular formula is C90H128O18. The van der Waals surface area contributed by atoms with E-state index >= 15 is 0 Å². The minimum Gasteiger partial charge on any atom is -0.459 e. The Bertz CT molecular complexity index is 3310. The van der Waals surface area contributed by atoms with Crippen LogP contribution >= 0.6 is 0 Å². The van der Waals surface area contributed by atoms with Gasteiger partial charge in [-0.2, -0.15) is 0 Å². The fourth-order valence-electron chi connectivity index (χ4n) is 13.5. The predicted molar refractivity (Wildman–Crippen MR) is 420 cm³/mol. The van der Waals surface area contributed by atoms with Crippen molar-refractivity contribution in [1.29, 1.82) is 0 Å². The number of hydrogen-bond donors (Lipinski definition) is 3. The van der Waals surface area contributed by atoms with E-state index in [9.17, 15) is 39.3 Å². The third-order valence-electron chi connectivity index (χ3n) is 20.4. The molecule has 5 aromatic rings. The van der Waals surface area contributed by atoms with Gasteiger partial charge in [0, 0.05) is 26.2 Å². The molecule has 1 fully saturated rings. The number of aliphatic hydroxyl groups excluding tert-OH is 3. The zero-order valence-electron chi connectivity index (χ0n) is 66.2. The van der Waals surface area contributed by atoms with Gasteiger partial charge in [-0.25, -0.2) is 24.0 Å². The highest BCUT2D eigenvalue weighted by Gasteiger charge is 2.54. The van der Waals surface area contributed by atoms with E-state index in [2.05, 4.69) is 69.2 Å². The van der Waals surface area contributed by atoms with Crippen molar-refractivity contribution in [2.45, 2.75) is 253 Å². The van der Waals surface area contributed by atoms with Crippen molar-refractivity contribution in [3.8, 4) is 0 Å². The number of rotatable bonds is 53. The molecule has 0 radical (unpaired) electrons. The maximum Gasteiger partial charge on any atom is 0.343 e. The Morgan fingerprint density at radius 2 is 0.741 bits per heavy atom. The average Bonchev–Trinajstić information content (AvgIpc) is 0.771. The molecule has 0 aliphatic carbocycles. The lowest BCUT2D eigenvalue weighted by Gasteiger charge is -2.45. The highest BCUT2D eigenvalue weighted by Crippen LogP contribution is 2.35. The molecule has 14 atom stereocenters. The summed E-state index contributed by atoms with van der Waals surface area (Å²) >= 11 is 0. The van der Waals surface area contributed by atoms with Crippen molar-refractivity contribution in [2.75, 3.05) is 39.6 Å². The topological polar surface area (TPSA) is 238 Å². The van der Waals surface area contributed by atoms with E-state index in [0.717, 1.165) is 68.6 Å². The molecule has 0 bridgehead atoms. The maximum absolute atomic E-state index is 14.8. The predicted octanol–water partition coefficient (Wildman–Crippen LogP) is 18.7. The number of benzene rings is 5. The highest BCUT2D eigenvalue weighted by molar-refractivity contribution is 5.92. The van der Waals surface area contributed by atoms with E-state index in [1.54, 1.807) is 91.0 Å². The van der Waals surface area contributed by atoms with Crippen molar-refractivity contribution < 1.29 is 86.7 Å². The quantitative estimate of drug-likeness (QED) is 0.0108. The fraction of sp³-hybridized carbons (Fsp3) is 0.589. The molecule has 596 valence electrons. The van der Waals surface area contributed by atoms with E-state index in [0.29, 0.717) is 36.9 Å². The standard InChI is InChI=1S/C90H128O18/c1-63(2)32-26-34-65(5)36-28-38-67(7)40-30-42-69(9)55-58-99-60-76(100-59-56-70(10)43-31-41-68(8)39-29-37-66(6)35-27-33-64(3)4)61-102-90-83(108-88(97)75-52-24-15-25-53-75)81(106-86(95)73-48-20-13-21-49-73)80(78(103-90)62-101-84(93)71-44-16-11-17-45-71)105-89(98)82(107-87(96)74-50-22-14-23-51-74)79(77(92)54-57-91)104-85(94)72-46-18-12-19-47-72/h11-25,44-53,63-70,76-78,80-81,83,89-92,98H,26-43,54-62H2,1-10H3/b82-79+/t65?,66?,67?,68?,69?,70?,76?,77-,78?,80+,81?,83?,89-,90+/m0/s1. The Morgan fingerprint density at radius 1 is 0.389 bits per heavy atom. The first-order valence-electron chi connectivity index (χ1n) is 40.2. The summed E-state index contributed by atoms with van der Waals surface area (Å²) < 4.78 is 64.1. The first-order chi connectivity index (χ1) is 52.1. The van der Waals surface area contributed by atoms with Crippen LogP contribution in [-0.4, -0.2) is 134 Å². The summed E-state index contributed by atoms with van der Waals surface area (Å²) in [5.74, 6) is -1.68. The summed E-state index contributed by atoms with van der Waals surface area (Å²) in [6.45, 7) is 22.5. The first kappa shape index (κ1) is 89.8. The number of hydrogen-bond acceptors (Lipinski definition) is 18. The molecule has 1 saturated heterocycles. The Balaban J connectivity index is 1.33. The molecule has 1 heterocycles. The SMILES string of the molecule is CC(C)CCCC(C)CCCC(C)CCCC(C)CCOCC(CO[C@@H]1OC(COC(=O)c2ccccc2)[C@@H](O[C@H](O)/C(OC(=O)c2ccccc2)=C(\OC(=O)c2ccccc2)[C@@H](O)CCO)C(OC(=O)c2ccccc2)C1OC(=O)c1ccccc1)OCCC(C)CCCC(C)CCCC(C)CCCC(C)C. The number of carbonyl (C=O) groups excluding carboxylic acids is 5. The smallest absolute Gasteiger partial charge is 0.343 e. The summed E-state index contributed by atoms with van der Waals surface area (Å²) in [6, 6.07) is 39.2. The van der Waals surface area contributed by atoms with Crippen molar-refractivity contribution in [1.82, 2.24) is 0 Å². The molecule has 1 aliphatic heterocycles. The van der Waals surface area contributed by atoms with E-state index in [1.807, 2.05) is 0 Å². The lowest BCUT2D eigenvalue weighted by Crippen LogP contribution is -2.63. The molecule has 6 rings (SSSR count). The van der Waals surface area contributed by atoms with Gasteiger partial charge in [0.05, 0.1) is 41.0 Å². The summed E-state index contributed by atoms with van der Waals surface area (Å²) in [6.07, 6.45) is 8.77. The Hall–Kier alpha value is -7.13. The molecule has 3 N–H and O–H groups in total. The number of aliphatic hydroxyl groups is 3. The zero-order valence-corrected chi connectivity index (χ0v) is 66.2. The van der Waals surface area contributed by atoms with Gasteiger partial charge in [-0.05, 0) is 121 Å². The molecule has 5 aromatic carbocycles. The Morgan fingerprint density at radius 3 is 1.14 bits per heavy atom. The highest BCUT2D eigenvalue weighted by atomic mass is 16.7. The molecule has 18 heteroatoms. The van der Waals surface area contributed by atoms with Crippen molar-refractivity contribution in [3.63, 3.8) is 0 Å². The first-order valence-corrected chi connectivity index (χ1v) is 40.2. The summed E-state index contributed by atoms with van der Waals surface area (Å²) in [5, 5.41) is 34.8. The van der Waals surface area contributed by atoms with Crippen molar-refractivity contribution in [2.24, 2.45) is 47.3 Å². The van der Waals surface area contributed by atoms with Gasteiger partial charge >= 0.3 is 29.8 Å². The van der Waals surface area contributed by atoms with Crippen molar-refractivity contribution in [3.05, 3.63) is 191 Å². The zero-order chi connectivity index (χ0) is 78.0. The average molecular weight is 1500 g/mol. The second-order valence-electron chi connectivity index (χ2n) is 31.2. The largest absolute Gasteiger partial charge is 0.459 e. The minimum atomic E-state index is -2.60. The second kappa shape index (κ2) is 50.6. The molecule has 0 amide bonds. The van der Waals surface area contributed by atoms with Crippen LogP contribution in [0.1, 0.15) is 256 Å². The lowest BCUT2D eigenvalue weighted by molar-refractivity contribution is -0.323. The molecule has 0 spiro atoms. The minimum absolute atomic E-state index is 0.0138. The third kappa shape index (κ3) is 34.0. The number of ether oxygens (including phenoxy) is 10. The number of carbonyl (C=O) groups is 5. The van der Waals surface area contributed by atoms with Gasteiger partial charge in [0.15, 0.2) is 24.3 Å². The van der Waals surface area contributed by atoms with Crippen LogP contribution in [0, 0.1) is 47.3 Å². The summed E-state index contributed by atoms with van der Waals surface area (Å²) in [7, 11) is 0. The Labute approximate surface area is 644 Å². The van der Waals surface area contributed by atoms with Crippen LogP contribution < -0.4 is 0 Å². The Kier molecular flexibility index (Phi) is 42.1. The normalized spacial score (nSPS) is 18.7. The maximum atomic E-state index is 14.8. The van der Waals surface area contributed by atoms with Crippen molar-refractivity contribution >= 4 is 29.8 Å². The van der Waals surface area contributed by atoms with Gasteiger partial charge in [-0.3, -0.25) is 0 Å². The van der Waals surface area contributed by atoms with Crippen LogP contribution in [0.5, 0.6) is 0 Å². The van der Waals surface area contributed by atoms with Crippen LogP contribution in [0.25, 0.3) is 0 Å². The van der Waals surface area contributed by atoms with Gasteiger partial charge in [-0.1, -0.05) is 276 Å². The van der Waals surface area contributed by atoms with E-state index in [4.69, 9.17) is 47.4 Å². The van der Waals surface area contributed by atoms with Crippen LogP contribution in [-0.2, 0) is 47.4 Å². The molecule has 18 nitrogen and oxygen atoms in total. The molecule has 10 unspecified atom stereocenters. The monoisotopic (exact) mass is 1500 g/mol.